The average Bonchev–Trinajstić information content (AvgIpc) is 2.61. The lowest BCUT2D eigenvalue weighted by atomic mass is 10.1. The van der Waals surface area contributed by atoms with E-state index in [9.17, 15) is 9.36 Å². The van der Waals surface area contributed by atoms with Crippen molar-refractivity contribution in [1.82, 2.24) is 0 Å². The zero-order valence-corrected chi connectivity index (χ0v) is 14.4. The minimum absolute atomic E-state index is 0.279. The number of hydrogen-bond acceptors (Lipinski definition) is 4. The SMILES string of the molecule is COc1cccc(OC)c1C(=O)[PH](=O)CCCc1ccccc1. The molecule has 0 fully saturated rings. The molecule has 1 atom stereocenters. The number of ether oxygens (including phenoxy) is 2. The molecule has 5 heteroatoms. The van der Waals surface area contributed by atoms with Gasteiger partial charge in [-0.25, -0.2) is 0 Å². The summed E-state index contributed by atoms with van der Waals surface area (Å²) in [7, 11) is 0.567. The molecule has 0 amide bonds. The summed E-state index contributed by atoms with van der Waals surface area (Å²) in [5, 5.41) is 0. The van der Waals surface area contributed by atoms with Gasteiger partial charge in [0.2, 0.25) is 5.52 Å². The zero-order valence-electron chi connectivity index (χ0n) is 13.4. The van der Waals surface area contributed by atoms with Crippen LogP contribution in [0.25, 0.3) is 0 Å². The molecule has 4 nitrogen and oxygen atoms in total. The Hall–Kier alpha value is -2.06. The first kappa shape index (κ1) is 17.3. The van der Waals surface area contributed by atoms with E-state index in [4.69, 9.17) is 9.47 Å². The first-order valence-corrected chi connectivity index (χ1v) is 9.11. The molecule has 23 heavy (non-hydrogen) atoms. The van der Waals surface area contributed by atoms with Gasteiger partial charge in [0.25, 0.3) is 0 Å². The lowest BCUT2D eigenvalue weighted by Gasteiger charge is -2.11. The fourth-order valence-electron chi connectivity index (χ4n) is 2.43. The first-order valence-electron chi connectivity index (χ1n) is 7.49. The van der Waals surface area contributed by atoms with E-state index in [-0.39, 0.29) is 11.1 Å². The molecule has 0 saturated heterocycles. The predicted molar refractivity (Wildman–Crippen MR) is 92.5 cm³/mol. The molecule has 0 bridgehead atoms. The Morgan fingerprint density at radius 1 is 0.957 bits per heavy atom. The molecule has 2 aromatic carbocycles. The van der Waals surface area contributed by atoms with E-state index < -0.39 is 7.80 Å². The summed E-state index contributed by atoms with van der Waals surface area (Å²) < 4.78 is 22.8. The van der Waals surface area contributed by atoms with Crippen molar-refractivity contribution in [3.05, 3.63) is 59.7 Å². The summed E-state index contributed by atoms with van der Waals surface area (Å²) in [5.74, 6) is 0.798. The Morgan fingerprint density at radius 3 is 2.13 bits per heavy atom. The molecule has 2 rings (SSSR count). The third-order valence-corrected chi connectivity index (χ3v) is 5.18. The van der Waals surface area contributed by atoms with Gasteiger partial charge in [0.15, 0.2) is 0 Å². The average molecular weight is 332 g/mol. The molecule has 0 aliphatic heterocycles. The summed E-state index contributed by atoms with van der Waals surface area (Å²) in [5.41, 5.74) is 1.09. The summed E-state index contributed by atoms with van der Waals surface area (Å²) in [6, 6.07) is 15.1. The zero-order chi connectivity index (χ0) is 16.7. The van der Waals surface area contributed by atoms with Crippen molar-refractivity contribution in [2.75, 3.05) is 20.4 Å². The van der Waals surface area contributed by atoms with Gasteiger partial charge < -0.3 is 14.0 Å². The summed E-state index contributed by atoms with van der Waals surface area (Å²) in [6.45, 7) is 0. The van der Waals surface area contributed by atoms with Crippen molar-refractivity contribution >= 4 is 13.3 Å². The lowest BCUT2D eigenvalue weighted by molar-refractivity contribution is 0.107. The number of benzene rings is 2. The molecule has 0 heterocycles. The van der Waals surface area contributed by atoms with Gasteiger partial charge in [-0.15, -0.1) is 0 Å². The fraction of sp³-hybridized carbons (Fsp3) is 0.278. The van der Waals surface area contributed by atoms with Gasteiger partial charge in [0.05, 0.1) is 14.2 Å². The van der Waals surface area contributed by atoms with Crippen LogP contribution in [-0.4, -0.2) is 25.9 Å². The van der Waals surface area contributed by atoms with Crippen molar-refractivity contribution < 1.29 is 18.8 Å². The van der Waals surface area contributed by atoms with E-state index in [2.05, 4.69) is 0 Å². The van der Waals surface area contributed by atoms with Gasteiger partial charge in [0.1, 0.15) is 24.9 Å². The Morgan fingerprint density at radius 2 is 1.57 bits per heavy atom. The molecule has 0 N–H and O–H groups in total. The maximum atomic E-state index is 12.5. The van der Waals surface area contributed by atoms with Crippen molar-refractivity contribution in [2.24, 2.45) is 0 Å². The minimum Gasteiger partial charge on any atom is -0.496 e. The third kappa shape index (κ3) is 4.46. The summed E-state index contributed by atoms with van der Waals surface area (Å²) in [6.07, 6.45) is 1.91. The van der Waals surface area contributed by atoms with E-state index in [1.807, 2.05) is 30.3 Å². The van der Waals surface area contributed by atoms with Gasteiger partial charge in [-0.2, -0.15) is 0 Å². The number of aryl methyl sites for hydroxylation is 1. The highest BCUT2D eigenvalue weighted by Crippen LogP contribution is 2.37. The molecule has 122 valence electrons. The van der Waals surface area contributed by atoms with Crippen LogP contribution < -0.4 is 9.47 Å². The largest absolute Gasteiger partial charge is 0.496 e. The quantitative estimate of drug-likeness (QED) is 0.685. The standard InChI is InChI=1S/C18H21O4P/c1-21-15-11-6-12-16(22-2)17(15)18(19)23(20)13-7-10-14-8-4-3-5-9-14/h3-6,8-9,11-12,23H,7,10,13H2,1-2H3. The number of hydrogen-bond donors (Lipinski definition) is 0. The van der Waals surface area contributed by atoms with Crippen LogP contribution in [-0.2, 0) is 11.0 Å². The van der Waals surface area contributed by atoms with Crippen LogP contribution >= 0.6 is 7.80 Å². The van der Waals surface area contributed by atoms with Gasteiger partial charge in [0, 0.05) is 6.16 Å². The second-order valence-corrected chi connectivity index (χ2v) is 6.93. The van der Waals surface area contributed by atoms with Crippen LogP contribution in [0.2, 0.25) is 0 Å². The second kappa shape index (κ2) is 8.54. The molecule has 0 spiro atoms. The Balaban J connectivity index is 2.04. The highest BCUT2D eigenvalue weighted by atomic mass is 31.1. The normalized spacial score (nSPS) is 11.7. The molecular formula is C18H21O4P. The van der Waals surface area contributed by atoms with Crippen molar-refractivity contribution in [2.45, 2.75) is 12.8 Å². The maximum Gasteiger partial charge on any atom is 0.225 e. The molecule has 1 unspecified atom stereocenters. The smallest absolute Gasteiger partial charge is 0.225 e. The Bertz CT molecular complexity index is 660. The van der Waals surface area contributed by atoms with Crippen molar-refractivity contribution in [3.8, 4) is 11.5 Å². The van der Waals surface area contributed by atoms with Crippen LogP contribution in [0.15, 0.2) is 48.5 Å². The molecule has 0 aliphatic rings. The van der Waals surface area contributed by atoms with E-state index in [1.165, 1.54) is 19.8 Å². The second-order valence-electron chi connectivity index (χ2n) is 5.13. The van der Waals surface area contributed by atoms with E-state index in [0.29, 0.717) is 24.1 Å². The van der Waals surface area contributed by atoms with Crippen molar-refractivity contribution in [3.63, 3.8) is 0 Å². The highest BCUT2D eigenvalue weighted by Gasteiger charge is 2.22. The molecule has 2 aromatic rings. The minimum atomic E-state index is -2.40. The number of carbonyl (C=O) groups is 1. The Labute approximate surface area is 137 Å². The van der Waals surface area contributed by atoms with Gasteiger partial charge in [-0.1, -0.05) is 36.4 Å². The van der Waals surface area contributed by atoms with E-state index in [1.54, 1.807) is 18.2 Å². The van der Waals surface area contributed by atoms with E-state index >= 15 is 0 Å². The molecule has 0 aromatic heterocycles. The van der Waals surface area contributed by atoms with Gasteiger partial charge in [-0.05, 0) is 30.5 Å². The number of carbonyl (C=O) groups excluding carboxylic acids is 1. The topological polar surface area (TPSA) is 52.6 Å². The van der Waals surface area contributed by atoms with Crippen LogP contribution in [0.3, 0.4) is 0 Å². The summed E-state index contributed by atoms with van der Waals surface area (Å²) >= 11 is 0. The van der Waals surface area contributed by atoms with Crippen LogP contribution in [0.5, 0.6) is 11.5 Å². The highest BCUT2D eigenvalue weighted by molar-refractivity contribution is 7.64. The van der Waals surface area contributed by atoms with Crippen LogP contribution in [0, 0.1) is 0 Å². The number of methoxy groups -OCH3 is 2. The monoisotopic (exact) mass is 332 g/mol. The first-order chi connectivity index (χ1) is 11.2. The molecule has 0 radical (unpaired) electrons. The lowest BCUT2D eigenvalue weighted by Crippen LogP contribution is -2.03. The predicted octanol–water partition coefficient (Wildman–Crippen LogP) is 4.04. The van der Waals surface area contributed by atoms with Gasteiger partial charge in [-0.3, -0.25) is 4.79 Å². The Kier molecular flexibility index (Phi) is 6.42. The third-order valence-electron chi connectivity index (χ3n) is 3.62. The van der Waals surface area contributed by atoms with Crippen molar-refractivity contribution in [1.29, 1.82) is 0 Å². The molecule has 0 aliphatic carbocycles. The van der Waals surface area contributed by atoms with Crippen LogP contribution in [0.1, 0.15) is 22.3 Å². The molecular weight excluding hydrogens is 311 g/mol. The summed E-state index contributed by atoms with van der Waals surface area (Å²) in [4.78, 5) is 12.5. The fourth-order valence-corrected chi connectivity index (χ4v) is 3.68. The van der Waals surface area contributed by atoms with E-state index in [0.717, 1.165) is 6.42 Å². The van der Waals surface area contributed by atoms with Gasteiger partial charge >= 0.3 is 0 Å². The number of rotatable bonds is 8. The maximum absolute atomic E-state index is 12.5. The molecule has 0 saturated carbocycles. The van der Waals surface area contributed by atoms with Crippen LogP contribution in [0.4, 0.5) is 0 Å².